The second-order valence-corrected chi connectivity index (χ2v) is 8.68. The topological polar surface area (TPSA) is 62.3 Å². The fraction of sp³-hybridized carbons (Fsp3) is 0.647. The number of benzene rings is 1. The molecule has 0 bridgehead atoms. The summed E-state index contributed by atoms with van der Waals surface area (Å²) in [5.74, 6) is 0.942. The van der Waals surface area contributed by atoms with Gasteiger partial charge in [0.1, 0.15) is 5.75 Å². The molecule has 2 fully saturated rings. The van der Waals surface area contributed by atoms with Crippen molar-refractivity contribution in [1.82, 2.24) is 13.5 Å². The molecule has 0 aromatic heterocycles. The SMILES string of the molecule is COc1ccc([C@@H]2CN(S(=O)(=O)N3CCOCC3)C[C@H]2N(C)C)cc1. The highest BCUT2D eigenvalue weighted by Crippen LogP contribution is 2.33. The fourth-order valence-electron chi connectivity index (χ4n) is 3.58. The third-order valence-electron chi connectivity index (χ3n) is 5.09. The van der Waals surface area contributed by atoms with E-state index in [1.165, 1.54) is 0 Å². The first-order chi connectivity index (χ1) is 11.9. The maximum atomic E-state index is 13.0. The third-order valence-corrected chi connectivity index (χ3v) is 7.05. The van der Waals surface area contributed by atoms with E-state index in [9.17, 15) is 8.42 Å². The fourth-order valence-corrected chi connectivity index (χ4v) is 5.21. The van der Waals surface area contributed by atoms with Gasteiger partial charge >= 0.3 is 0 Å². The van der Waals surface area contributed by atoms with Crippen LogP contribution in [0.4, 0.5) is 0 Å². The molecule has 0 N–H and O–H groups in total. The van der Waals surface area contributed by atoms with E-state index in [0.717, 1.165) is 11.3 Å². The van der Waals surface area contributed by atoms with Gasteiger partial charge in [0, 0.05) is 38.1 Å². The lowest BCUT2D eigenvalue weighted by atomic mass is 9.94. The smallest absolute Gasteiger partial charge is 0.282 e. The van der Waals surface area contributed by atoms with Crippen LogP contribution in [0.3, 0.4) is 0 Å². The molecular formula is C17H27N3O4S. The number of likely N-dealkylation sites (N-methyl/N-ethyl adjacent to an activating group) is 1. The summed E-state index contributed by atoms with van der Waals surface area (Å²) < 4.78 is 39.7. The van der Waals surface area contributed by atoms with Gasteiger partial charge in [0.15, 0.2) is 0 Å². The highest BCUT2D eigenvalue weighted by atomic mass is 32.2. The van der Waals surface area contributed by atoms with E-state index >= 15 is 0 Å². The largest absolute Gasteiger partial charge is 0.497 e. The number of methoxy groups -OCH3 is 1. The predicted molar refractivity (Wildman–Crippen MR) is 96.1 cm³/mol. The molecule has 8 heteroatoms. The standard InChI is InChI=1S/C17H27N3O4S/c1-18(2)17-13-20(25(21,22)19-8-10-24-11-9-19)12-16(17)14-4-6-15(23-3)7-5-14/h4-7,16-17H,8-13H2,1-3H3/t16-,17+/m0/s1. The molecule has 0 aliphatic carbocycles. The average Bonchev–Trinajstić information content (AvgIpc) is 3.09. The van der Waals surface area contributed by atoms with Gasteiger partial charge in [-0.1, -0.05) is 12.1 Å². The van der Waals surface area contributed by atoms with Gasteiger partial charge in [0.05, 0.1) is 20.3 Å². The van der Waals surface area contributed by atoms with Crippen LogP contribution in [0, 0.1) is 0 Å². The second kappa shape index (κ2) is 7.59. The molecule has 0 saturated carbocycles. The van der Waals surface area contributed by atoms with E-state index in [4.69, 9.17) is 9.47 Å². The Kier molecular flexibility index (Phi) is 5.65. The molecule has 2 saturated heterocycles. The molecule has 0 unspecified atom stereocenters. The van der Waals surface area contributed by atoms with Gasteiger partial charge in [-0.25, -0.2) is 0 Å². The first-order valence-electron chi connectivity index (χ1n) is 8.57. The zero-order valence-electron chi connectivity index (χ0n) is 15.1. The molecule has 0 radical (unpaired) electrons. The van der Waals surface area contributed by atoms with Crippen LogP contribution in [0.2, 0.25) is 0 Å². The lowest BCUT2D eigenvalue weighted by Gasteiger charge is -2.30. The monoisotopic (exact) mass is 369 g/mol. The molecule has 25 heavy (non-hydrogen) atoms. The minimum atomic E-state index is -3.45. The molecule has 1 aromatic rings. The van der Waals surface area contributed by atoms with E-state index < -0.39 is 10.2 Å². The molecule has 7 nitrogen and oxygen atoms in total. The van der Waals surface area contributed by atoms with Crippen LogP contribution >= 0.6 is 0 Å². The molecule has 2 aliphatic heterocycles. The minimum absolute atomic E-state index is 0.136. The summed E-state index contributed by atoms with van der Waals surface area (Å²) in [6.45, 7) is 2.79. The Balaban J connectivity index is 1.82. The average molecular weight is 369 g/mol. The number of nitrogens with zero attached hydrogens (tertiary/aromatic N) is 3. The summed E-state index contributed by atoms with van der Waals surface area (Å²) in [6.07, 6.45) is 0. The molecule has 140 valence electrons. The van der Waals surface area contributed by atoms with Crippen molar-refractivity contribution in [1.29, 1.82) is 0 Å². The van der Waals surface area contributed by atoms with E-state index in [1.54, 1.807) is 15.7 Å². The van der Waals surface area contributed by atoms with Gasteiger partial charge < -0.3 is 14.4 Å². The summed E-state index contributed by atoms with van der Waals surface area (Å²) in [4.78, 5) is 2.11. The molecule has 3 rings (SSSR count). The van der Waals surface area contributed by atoms with Crippen molar-refractivity contribution in [2.24, 2.45) is 0 Å². The maximum Gasteiger partial charge on any atom is 0.282 e. The van der Waals surface area contributed by atoms with Gasteiger partial charge in [-0.15, -0.1) is 0 Å². The third kappa shape index (κ3) is 3.83. The Morgan fingerprint density at radius 1 is 1.08 bits per heavy atom. The van der Waals surface area contributed by atoms with Crippen LogP contribution in [0.15, 0.2) is 24.3 Å². The summed E-state index contributed by atoms with van der Waals surface area (Å²) in [5.41, 5.74) is 1.14. The van der Waals surface area contributed by atoms with Crippen LogP contribution < -0.4 is 4.74 Å². The maximum absolute atomic E-state index is 13.0. The number of ether oxygens (including phenoxy) is 2. The van der Waals surface area contributed by atoms with Gasteiger partial charge in [0.25, 0.3) is 10.2 Å². The van der Waals surface area contributed by atoms with Crippen molar-refractivity contribution >= 4 is 10.2 Å². The van der Waals surface area contributed by atoms with Crippen molar-refractivity contribution in [2.75, 3.05) is 60.6 Å². The van der Waals surface area contributed by atoms with Crippen LogP contribution in [0.1, 0.15) is 11.5 Å². The van der Waals surface area contributed by atoms with E-state index in [2.05, 4.69) is 4.90 Å². The van der Waals surface area contributed by atoms with Gasteiger partial charge in [-0.3, -0.25) is 0 Å². The molecule has 2 aliphatic rings. The Bertz CT molecular complexity index is 672. The summed E-state index contributed by atoms with van der Waals surface area (Å²) in [5, 5.41) is 0. The summed E-state index contributed by atoms with van der Waals surface area (Å²) >= 11 is 0. The van der Waals surface area contributed by atoms with Crippen LogP contribution in [-0.4, -0.2) is 88.6 Å². The Morgan fingerprint density at radius 3 is 2.28 bits per heavy atom. The van der Waals surface area contributed by atoms with E-state index in [-0.39, 0.29) is 12.0 Å². The Morgan fingerprint density at radius 2 is 1.72 bits per heavy atom. The Hall–Kier alpha value is -1.19. The molecule has 2 atom stereocenters. The molecular weight excluding hydrogens is 342 g/mol. The highest BCUT2D eigenvalue weighted by molar-refractivity contribution is 7.86. The number of hydrogen-bond acceptors (Lipinski definition) is 5. The number of morpholine rings is 1. The molecule has 1 aromatic carbocycles. The second-order valence-electron chi connectivity index (χ2n) is 6.75. The molecule has 2 heterocycles. The van der Waals surface area contributed by atoms with Gasteiger partial charge in [-0.2, -0.15) is 17.0 Å². The molecule has 0 spiro atoms. The summed E-state index contributed by atoms with van der Waals surface area (Å²) in [6, 6.07) is 8.07. The minimum Gasteiger partial charge on any atom is -0.497 e. The highest BCUT2D eigenvalue weighted by Gasteiger charge is 2.42. The number of rotatable bonds is 5. The van der Waals surface area contributed by atoms with Crippen molar-refractivity contribution in [3.63, 3.8) is 0 Å². The predicted octanol–water partition coefficient (Wildman–Crippen LogP) is 0.602. The molecule has 0 amide bonds. The van der Waals surface area contributed by atoms with Gasteiger partial charge in [0.2, 0.25) is 0 Å². The number of hydrogen-bond donors (Lipinski definition) is 0. The van der Waals surface area contributed by atoms with Crippen LogP contribution in [0.25, 0.3) is 0 Å². The van der Waals surface area contributed by atoms with Crippen molar-refractivity contribution in [3.8, 4) is 5.75 Å². The summed E-state index contributed by atoms with van der Waals surface area (Å²) in [7, 11) is 2.21. The van der Waals surface area contributed by atoms with Crippen LogP contribution in [0.5, 0.6) is 5.75 Å². The van der Waals surface area contributed by atoms with Crippen molar-refractivity contribution in [2.45, 2.75) is 12.0 Å². The van der Waals surface area contributed by atoms with E-state index in [0.29, 0.717) is 39.4 Å². The van der Waals surface area contributed by atoms with Crippen molar-refractivity contribution < 1.29 is 17.9 Å². The van der Waals surface area contributed by atoms with Crippen LogP contribution in [-0.2, 0) is 14.9 Å². The van der Waals surface area contributed by atoms with E-state index in [1.807, 2.05) is 38.4 Å². The first-order valence-corrected chi connectivity index (χ1v) is 9.96. The van der Waals surface area contributed by atoms with Crippen molar-refractivity contribution in [3.05, 3.63) is 29.8 Å². The zero-order chi connectivity index (χ0) is 18.0. The lowest BCUT2D eigenvalue weighted by molar-refractivity contribution is 0.0705. The Labute approximate surface area is 150 Å². The van der Waals surface area contributed by atoms with Gasteiger partial charge in [-0.05, 0) is 31.8 Å². The lowest BCUT2D eigenvalue weighted by Crippen LogP contribution is -2.48. The first kappa shape index (κ1) is 18.6. The normalized spacial score (nSPS) is 26.2. The zero-order valence-corrected chi connectivity index (χ0v) is 15.9. The quantitative estimate of drug-likeness (QED) is 0.761.